The highest BCUT2D eigenvalue weighted by Crippen LogP contribution is 2.58. The number of allylic oxidation sites excluding steroid dienone is 2. The van der Waals surface area contributed by atoms with Gasteiger partial charge in [0.15, 0.2) is 0 Å². The van der Waals surface area contributed by atoms with Crippen molar-refractivity contribution in [2.24, 2.45) is 22.4 Å². The summed E-state index contributed by atoms with van der Waals surface area (Å²) >= 11 is 0. The number of hydrogen-bond acceptors (Lipinski definition) is 6. The number of fused-ring (bicyclic) bond motifs is 1. The molecule has 2 atom stereocenters. The minimum Gasteiger partial charge on any atom is -0.272 e. The van der Waals surface area contributed by atoms with Gasteiger partial charge in [0.1, 0.15) is 5.69 Å². The van der Waals surface area contributed by atoms with Crippen molar-refractivity contribution in [3.05, 3.63) is 50.1 Å². The molecular formula is C16H18N4O4. The molecule has 1 aromatic rings. The third-order valence-corrected chi connectivity index (χ3v) is 5.30. The largest absolute Gasteiger partial charge is 0.301 e. The van der Waals surface area contributed by atoms with E-state index in [1.165, 1.54) is 12.1 Å². The molecule has 0 aliphatic heterocycles. The number of hydrogen-bond donors (Lipinski definition) is 1. The van der Waals surface area contributed by atoms with Gasteiger partial charge in [0, 0.05) is 6.07 Å². The maximum absolute atomic E-state index is 11.1. The van der Waals surface area contributed by atoms with Gasteiger partial charge in [-0.2, -0.15) is 5.10 Å². The minimum absolute atomic E-state index is 0.129. The molecule has 2 bridgehead atoms. The van der Waals surface area contributed by atoms with Crippen molar-refractivity contribution in [3.8, 4) is 0 Å². The maximum Gasteiger partial charge on any atom is 0.301 e. The Morgan fingerprint density at radius 1 is 1.29 bits per heavy atom. The highest BCUT2D eigenvalue weighted by Gasteiger charge is 2.50. The van der Waals surface area contributed by atoms with Crippen LogP contribution in [0.3, 0.4) is 0 Å². The second-order valence-corrected chi connectivity index (χ2v) is 6.83. The van der Waals surface area contributed by atoms with Crippen molar-refractivity contribution in [2.45, 2.75) is 26.7 Å². The van der Waals surface area contributed by atoms with E-state index < -0.39 is 9.85 Å². The predicted octanol–water partition coefficient (Wildman–Crippen LogP) is 3.89. The zero-order valence-corrected chi connectivity index (χ0v) is 13.4. The molecule has 0 spiro atoms. The number of nitro benzene ring substituents is 2. The van der Waals surface area contributed by atoms with E-state index >= 15 is 0 Å². The molecule has 24 heavy (non-hydrogen) atoms. The van der Waals surface area contributed by atoms with Gasteiger partial charge in [0.25, 0.3) is 5.69 Å². The Morgan fingerprint density at radius 2 is 2.04 bits per heavy atom. The molecule has 8 nitrogen and oxygen atoms in total. The molecule has 126 valence electrons. The Balaban J connectivity index is 1.76. The van der Waals surface area contributed by atoms with Crippen LogP contribution in [-0.4, -0.2) is 16.1 Å². The fourth-order valence-corrected chi connectivity index (χ4v) is 3.60. The van der Waals surface area contributed by atoms with Crippen molar-refractivity contribution < 1.29 is 9.85 Å². The SMILES string of the molecule is CC1(C)[C@@H]2CC=C(/C=N/Nc3ccc([N+](=O)[O-])cc3[N+](=O)[O-])[C@@H]1C2. The Bertz CT molecular complexity index is 769. The summed E-state index contributed by atoms with van der Waals surface area (Å²) in [6, 6.07) is 3.44. The molecule has 1 fully saturated rings. The van der Waals surface area contributed by atoms with E-state index in [-0.39, 0.29) is 22.5 Å². The molecule has 0 aromatic heterocycles. The van der Waals surface area contributed by atoms with Gasteiger partial charge < -0.3 is 0 Å². The first kappa shape index (κ1) is 16.1. The highest BCUT2D eigenvalue weighted by atomic mass is 16.6. The molecule has 0 heterocycles. The third kappa shape index (κ3) is 2.64. The van der Waals surface area contributed by atoms with Crippen molar-refractivity contribution >= 4 is 23.3 Å². The number of rotatable bonds is 5. The average Bonchev–Trinajstić information content (AvgIpc) is 2.54. The number of hydrazone groups is 1. The maximum atomic E-state index is 11.1. The molecule has 0 radical (unpaired) electrons. The number of anilines is 1. The Morgan fingerprint density at radius 3 is 2.62 bits per heavy atom. The smallest absolute Gasteiger partial charge is 0.272 e. The van der Waals surface area contributed by atoms with E-state index in [0.717, 1.165) is 30.4 Å². The van der Waals surface area contributed by atoms with Gasteiger partial charge in [-0.1, -0.05) is 19.9 Å². The standard InChI is InChI=1S/C16H18N4O4/c1-16(2)11-4-3-10(13(16)7-11)9-17-18-14-6-5-12(19(21)22)8-15(14)20(23)24/h3,5-6,8-9,11,13,18H,4,7H2,1-2H3/b17-9+/t11-,13+/m1/s1. The predicted molar refractivity (Wildman–Crippen MR) is 89.9 cm³/mol. The third-order valence-electron chi connectivity index (χ3n) is 5.30. The number of benzene rings is 1. The van der Waals surface area contributed by atoms with Crippen LogP contribution < -0.4 is 5.43 Å². The van der Waals surface area contributed by atoms with Crippen molar-refractivity contribution in [3.63, 3.8) is 0 Å². The zero-order valence-electron chi connectivity index (χ0n) is 13.4. The summed E-state index contributed by atoms with van der Waals surface area (Å²) in [5.74, 6) is 1.19. The van der Waals surface area contributed by atoms with Crippen LogP contribution in [0.25, 0.3) is 0 Å². The lowest BCUT2D eigenvalue weighted by atomic mass is 9.49. The quantitative estimate of drug-likeness (QED) is 0.500. The van der Waals surface area contributed by atoms with Crippen LogP contribution >= 0.6 is 0 Å². The van der Waals surface area contributed by atoms with E-state index in [1.807, 2.05) is 0 Å². The summed E-state index contributed by atoms with van der Waals surface area (Å²) in [6.07, 6.45) is 6.05. The molecule has 1 aromatic carbocycles. The van der Waals surface area contributed by atoms with Crippen LogP contribution in [0.15, 0.2) is 34.9 Å². The van der Waals surface area contributed by atoms with Gasteiger partial charge in [-0.05, 0) is 41.7 Å². The molecule has 0 saturated heterocycles. The van der Waals surface area contributed by atoms with Crippen LogP contribution in [0.2, 0.25) is 0 Å². The van der Waals surface area contributed by atoms with Crippen LogP contribution in [-0.2, 0) is 0 Å². The fourth-order valence-electron chi connectivity index (χ4n) is 3.60. The van der Waals surface area contributed by atoms with E-state index in [0.29, 0.717) is 5.92 Å². The van der Waals surface area contributed by atoms with Crippen molar-refractivity contribution in [2.75, 3.05) is 5.43 Å². The van der Waals surface area contributed by atoms with Gasteiger partial charge in [-0.15, -0.1) is 0 Å². The second kappa shape index (κ2) is 5.70. The molecule has 8 heteroatoms. The summed E-state index contributed by atoms with van der Waals surface area (Å²) in [7, 11) is 0. The monoisotopic (exact) mass is 330 g/mol. The lowest BCUT2D eigenvalue weighted by molar-refractivity contribution is -0.393. The summed E-state index contributed by atoms with van der Waals surface area (Å²) in [5, 5.41) is 25.9. The van der Waals surface area contributed by atoms with Crippen molar-refractivity contribution in [1.82, 2.24) is 0 Å². The summed E-state index contributed by atoms with van der Waals surface area (Å²) in [6.45, 7) is 4.50. The van der Waals surface area contributed by atoms with E-state index in [4.69, 9.17) is 0 Å². The Labute approximate surface area is 138 Å². The Kier molecular flexibility index (Phi) is 3.82. The molecule has 3 aliphatic rings. The first-order chi connectivity index (χ1) is 11.3. The Hall–Kier alpha value is -2.77. The van der Waals surface area contributed by atoms with E-state index in [2.05, 4.69) is 30.5 Å². The summed E-state index contributed by atoms with van der Waals surface area (Å²) in [4.78, 5) is 20.5. The minimum atomic E-state index is -0.665. The lowest BCUT2D eigenvalue weighted by Gasteiger charge is -2.55. The molecule has 1 saturated carbocycles. The first-order valence-electron chi connectivity index (χ1n) is 7.72. The second-order valence-electron chi connectivity index (χ2n) is 6.83. The molecule has 0 unspecified atom stereocenters. The average molecular weight is 330 g/mol. The topological polar surface area (TPSA) is 111 Å². The van der Waals surface area contributed by atoms with E-state index in [1.54, 1.807) is 6.21 Å². The number of nitrogens with one attached hydrogen (secondary N) is 1. The molecular weight excluding hydrogens is 312 g/mol. The first-order valence-corrected chi connectivity index (χ1v) is 7.72. The molecule has 1 N–H and O–H groups in total. The van der Waals surface area contributed by atoms with Crippen molar-refractivity contribution in [1.29, 1.82) is 0 Å². The van der Waals surface area contributed by atoms with Gasteiger partial charge >= 0.3 is 5.69 Å². The van der Waals surface area contributed by atoms with Crippen LogP contribution in [0, 0.1) is 37.5 Å². The summed E-state index contributed by atoms with van der Waals surface area (Å²) < 4.78 is 0. The fraction of sp³-hybridized carbons (Fsp3) is 0.438. The highest BCUT2D eigenvalue weighted by molar-refractivity contribution is 5.81. The molecule has 0 amide bonds. The lowest BCUT2D eigenvalue weighted by Crippen LogP contribution is -2.48. The van der Waals surface area contributed by atoms with Gasteiger partial charge in [-0.25, -0.2) is 0 Å². The van der Waals surface area contributed by atoms with Gasteiger partial charge in [-0.3, -0.25) is 25.7 Å². The van der Waals surface area contributed by atoms with Gasteiger partial charge in [0.05, 0.1) is 22.1 Å². The van der Waals surface area contributed by atoms with E-state index in [9.17, 15) is 20.2 Å². The van der Waals surface area contributed by atoms with Gasteiger partial charge in [0.2, 0.25) is 0 Å². The molecule has 3 aliphatic carbocycles. The zero-order chi connectivity index (χ0) is 17.5. The normalized spacial score (nSPS) is 24.2. The van der Waals surface area contributed by atoms with Crippen LogP contribution in [0.5, 0.6) is 0 Å². The number of non-ortho nitro benzene ring substituents is 1. The van der Waals surface area contributed by atoms with Crippen LogP contribution in [0.4, 0.5) is 17.1 Å². The number of nitro groups is 2. The number of nitrogens with zero attached hydrogens (tertiary/aromatic N) is 3. The van der Waals surface area contributed by atoms with Crippen LogP contribution in [0.1, 0.15) is 26.7 Å². The molecule has 4 rings (SSSR count). The summed E-state index contributed by atoms with van der Waals surface area (Å²) in [5.41, 5.74) is 3.48.